The number of hydrogen-bond donors (Lipinski definition) is 0. The van der Waals surface area contributed by atoms with Crippen LogP contribution in [0, 0.1) is 5.92 Å². The van der Waals surface area contributed by atoms with Gasteiger partial charge in [0.1, 0.15) is 0 Å². The third-order valence-electron chi connectivity index (χ3n) is 2.78. The van der Waals surface area contributed by atoms with Crippen LogP contribution in [0.5, 0.6) is 0 Å². The largest absolute Gasteiger partial charge is 0.381 e. The van der Waals surface area contributed by atoms with Gasteiger partial charge >= 0.3 is 0 Å². The van der Waals surface area contributed by atoms with Crippen LogP contribution in [-0.4, -0.2) is 40.1 Å². The smallest absolute Gasteiger partial charge is 0.174 e. The molecule has 1 saturated heterocycles. The lowest BCUT2D eigenvalue weighted by Gasteiger charge is -2.22. The van der Waals surface area contributed by atoms with Gasteiger partial charge in [0, 0.05) is 18.6 Å². The molecule has 2 aliphatic heterocycles. The van der Waals surface area contributed by atoms with Crippen molar-refractivity contribution in [2.75, 3.05) is 25.6 Å². The van der Waals surface area contributed by atoms with E-state index in [9.17, 15) is 8.42 Å². The highest BCUT2D eigenvalue weighted by Gasteiger charge is 2.23. The zero-order valence-electron chi connectivity index (χ0n) is 8.59. The molecule has 0 N–H and O–H groups in total. The minimum absolute atomic E-state index is 0.107. The highest BCUT2D eigenvalue weighted by Crippen LogP contribution is 2.18. The highest BCUT2D eigenvalue weighted by molar-refractivity contribution is 7.94. The first-order valence-corrected chi connectivity index (χ1v) is 6.97. The predicted octanol–water partition coefficient (Wildman–Crippen LogP) is 0.740. The summed E-state index contributed by atoms with van der Waals surface area (Å²) in [5, 5.41) is 1.25. The van der Waals surface area contributed by atoms with E-state index in [1.165, 1.54) is 5.41 Å². The first kappa shape index (κ1) is 11.1. The third-order valence-corrected chi connectivity index (χ3v) is 4.15. The van der Waals surface area contributed by atoms with Gasteiger partial charge in [-0.2, -0.15) is 0 Å². The molecule has 0 aromatic carbocycles. The van der Waals surface area contributed by atoms with Crippen molar-refractivity contribution in [3.63, 3.8) is 0 Å². The lowest BCUT2D eigenvalue weighted by Crippen LogP contribution is -2.24. The van der Waals surface area contributed by atoms with Crippen molar-refractivity contribution in [3.05, 3.63) is 11.5 Å². The summed E-state index contributed by atoms with van der Waals surface area (Å²) in [5.74, 6) is 0.631. The Balaban J connectivity index is 1.72. The number of rotatable bonds is 3. The van der Waals surface area contributed by atoms with E-state index in [0.29, 0.717) is 12.5 Å². The molecule has 4 nitrogen and oxygen atoms in total. The van der Waals surface area contributed by atoms with Crippen LogP contribution in [0.25, 0.3) is 0 Å². The monoisotopic (exact) mass is 232 g/mol. The van der Waals surface area contributed by atoms with Crippen molar-refractivity contribution in [3.8, 4) is 0 Å². The van der Waals surface area contributed by atoms with Gasteiger partial charge in [-0.05, 0) is 24.8 Å². The Hall–Kier alpha value is -0.390. The third kappa shape index (κ3) is 3.29. The molecular formula is C10H16O4S. The van der Waals surface area contributed by atoms with Gasteiger partial charge in [-0.1, -0.05) is 0 Å². The Morgan fingerprint density at radius 2 is 2.07 bits per heavy atom. The molecule has 1 unspecified atom stereocenters. The fraction of sp³-hybridized carbons (Fsp3) is 0.800. The van der Waals surface area contributed by atoms with Crippen LogP contribution in [0.4, 0.5) is 0 Å². The van der Waals surface area contributed by atoms with E-state index in [1.54, 1.807) is 6.08 Å². The lowest BCUT2D eigenvalue weighted by atomic mass is 10.0. The standard InChI is InChI=1S/C10H16O4S/c11-15(12)6-3-10(8-15)14-7-9-1-4-13-5-2-9/h3,6,9-10H,1-2,4-5,7-8H2. The zero-order chi connectivity index (χ0) is 10.7. The normalized spacial score (nSPS) is 30.8. The van der Waals surface area contributed by atoms with Gasteiger partial charge < -0.3 is 9.47 Å². The summed E-state index contributed by atoms with van der Waals surface area (Å²) < 4.78 is 33.0. The molecule has 2 aliphatic rings. The number of sulfone groups is 1. The summed E-state index contributed by atoms with van der Waals surface area (Å²) in [5.41, 5.74) is 0. The van der Waals surface area contributed by atoms with Gasteiger partial charge in [0.15, 0.2) is 9.84 Å². The minimum Gasteiger partial charge on any atom is -0.381 e. The molecule has 1 atom stereocenters. The second-order valence-electron chi connectivity index (χ2n) is 4.09. The van der Waals surface area contributed by atoms with Crippen molar-refractivity contribution in [2.45, 2.75) is 18.9 Å². The molecule has 0 bridgehead atoms. The summed E-state index contributed by atoms with van der Waals surface area (Å²) >= 11 is 0. The molecular weight excluding hydrogens is 216 g/mol. The van der Waals surface area contributed by atoms with Crippen LogP contribution < -0.4 is 0 Å². The maximum Gasteiger partial charge on any atom is 0.174 e. The molecule has 0 aliphatic carbocycles. The van der Waals surface area contributed by atoms with Gasteiger partial charge in [-0.25, -0.2) is 8.42 Å². The summed E-state index contributed by atoms with van der Waals surface area (Å²) in [6, 6.07) is 0. The van der Waals surface area contributed by atoms with Crippen LogP contribution in [0.15, 0.2) is 11.5 Å². The number of hydrogen-bond acceptors (Lipinski definition) is 4. The maximum absolute atomic E-state index is 11.1. The molecule has 0 aromatic heterocycles. The molecule has 86 valence electrons. The van der Waals surface area contributed by atoms with Crippen molar-refractivity contribution < 1.29 is 17.9 Å². The molecule has 5 heteroatoms. The van der Waals surface area contributed by atoms with Gasteiger partial charge in [0.2, 0.25) is 0 Å². The molecule has 0 radical (unpaired) electrons. The number of ether oxygens (including phenoxy) is 2. The average Bonchev–Trinajstić information content (AvgIpc) is 2.57. The maximum atomic E-state index is 11.1. The van der Waals surface area contributed by atoms with E-state index >= 15 is 0 Å². The predicted molar refractivity (Wildman–Crippen MR) is 56.2 cm³/mol. The summed E-state index contributed by atoms with van der Waals surface area (Å²) in [6.07, 6.45) is 3.43. The summed E-state index contributed by atoms with van der Waals surface area (Å²) in [6.45, 7) is 2.24. The summed E-state index contributed by atoms with van der Waals surface area (Å²) in [7, 11) is -2.98. The van der Waals surface area contributed by atoms with Crippen molar-refractivity contribution >= 4 is 9.84 Å². The lowest BCUT2D eigenvalue weighted by molar-refractivity contribution is 0.00944. The fourth-order valence-electron chi connectivity index (χ4n) is 1.82. The summed E-state index contributed by atoms with van der Waals surface area (Å²) in [4.78, 5) is 0. The van der Waals surface area contributed by atoms with E-state index < -0.39 is 9.84 Å². The Morgan fingerprint density at radius 1 is 1.33 bits per heavy atom. The van der Waals surface area contributed by atoms with Gasteiger partial charge in [-0.3, -0.25) is 0 Å². The van der Waals surface area contributed by atoms with E-state index in [0.717, 1.165) is 26.1 Å². The molecule has 0 amide bonds. The first-order chi connectivity index (χ1) is 7.16. The SMILES string of the molecule is O=S1(=O)C=CC(OCC2CCOCC2)C1. The minimum atomic E-state index is -2.98. The Labute approximate surface area is 90.2 Å². The Bertz CT molecular complexity index is 327. The van der Waals surface area contributed by atoms with Gasteiger partial charge in [-0.15, -0.1) is 0 Å². The molecule has 0 saturated carbocycles. The zero-order valence-corrected chi connectivity index (χ0v) is 9.41. The molecule has 0 spiro atoms. The van der Waals surface area contributed by atoms with E-state index in [2.05, 4.69) is 0 Å². The second kappa shape index (κ2) is 4.63. The average molecular weight is 232 g/mol. The quantitative estimate of drug-likeness (QED) is 0.720. The van der Waals surface area contributed by atoms with Crippen LogP contribution in [0.1, 0.15) is 12.8 Å². The van der Waals surface area contributed by atoms with Crippen LogP contribution in [0.3, 0.4) is 0 Å². The first-order valence-electron chi connectivity index (χ1n) is 5.26. The topological polar surface area (TPSA) is 52.6 Å². The van der Waals surface area contributed by atoms with Crippen LogP contribution in [0.2, 0.25) is 0 Å². The van der Waals surface area contributed by atoms with Gasteiger partial charge in [0.25, 0.3) is 0 Å². The van der Waals surface area contributed by atoms with Gasteiger partial charge in [0.05, 0.1) is 18.5 Å². The van der Waals surface area contributed by atoms with Crippen LogP contribution >= 0.6 is 0 Å². The van der Waals surface area contributed by atoms with Crippen molar-refractivity contribution in [1.82, 2.24) is 0 Å². The van der Waals surface area contributed by atoms with Crippen LogP contribution in [-0.2, 0) is 19.3 Å². The molecule has 15 heavy (non-hydrogen) atoms. The molecule has 1 fully saturated rings. The second-order valence-corrected chi connectivity index (χ2v) is 6.02. The highest BCUT2D eigenvalue weighted by atomic mass is 32.2. The Morgan fingerprint density at radius 3 is 2.67 bits per heavy atom. The molecule has 0 aromatic rings. The van der Waals surface area contributed by atoms with Crippen molar-refractivity contribution in [2.24, 2.45) is 5.92 Å². The van der Waals surface area contributed by atoms with E-state index in [-0.39, 0.29) is 11.9 Å². The molecule has 2 rings (SSSR count). The fourth-order valence-corrected chi connectivity index (χ4v) is 3.01. The molecule has 2 heterocycles. The van der Waals surface area contributed by atoms with E-state index in [4.69, 9.17) is 9.47 Å². The van der Waals surface area contributed by atoms with Crippen molar-refractivity contribution in [1.29, 1.82) is 0 Å². The van der Waals surface area contributed by atoms with E-state index in [1.807, 2.05) is 0 Å². The Kier molecular flexibility index (Phi) is 3.43.